The van der Waals surface area contributed by atoms with Gasteiger partial charge >= 0.3 is 0 Å². The predicted molar refractivity (Wildman–Crippen MR) is 87.1 cm³/mol. The number of nitrogens with zero attached hydrogens (tertiary/aromatic N) is 2. The van der Waals surface area contributed by atoms with Gasteiger partial charge < -0.3 is 10.6 Å². The molecular formula is C17H22N4. The number of para-hydroxylation sites is 1. The van der Waals surface area contributed by atoms with E-state index in [4.69, 9.17) is 0 Å². The summed E-state index contributed by atoms with van der Waals surface area (Å²) in [6.07, 6.45) is 2.47. The molecule has 0 aliphatic heterocycles. The van der Waals surface area contributed by atoms with Crippen LogP contribution >= 0.6 is 0 Å². The van der Waals surface area contributed by atoms with E-state index in [2.05, 4.69) is 47.4 Å². The highest BCUT2D eigenvalue weighted by molar-refractivity contribution is 5.57. The number of nitrogens with one attached hydrogen (secondary N) is 2. The molecule has 1 aliphatic carbocycles. The Kier molecular flexibility index (Phi) is 3.53. The molecule has 0 spiro atoms. The van der Waals surface area contributed by atoms with Crippen molar-refractivity contribution in [2.75, 3.05) is 10.6 Å². The summed E-state index contributed by atoms with van der Waals surface area (Å²) in [4.78, 5) is 9.25. The summed E-state index contributed by atoms with van der Waals surface area (Å²) >= 11 is 0. The minimum absolute atomic E-state index is 0.0494. The monoisotopic (exact) mass is 282 g/mol. The number of aromatic nitrogens is 2. The first-order valence-electron chi connectivity index (χ1n) is 7.49. The molecule has 2 N–H and O–H groups in total. The number of benzene rings is 1. The van der Waals surface area contributed by atoms with Gasteiger partial charge in [-0.3, -0.25) is 0 Å². The van der Waals surface area contributed by atoms with Gasteiger partial charge in [0, 0.05) is 23.2 Å². The lowest BCUT2D eigenvalue weighted by Crippen LogP contribution is -2.27. The lowest BCUT2D eigenvalue weighted by atomic mass is 10.1. The van der Waals surface area contributed by atoms with Gasteiger partial charge in [0.1, 0.15) is 5.82 Å². The van der Waals surface area contributed by atoms with Gasteiger partial charge in [-0.05, 0) is 45.7 Å². The molecule has 1 aromatic carbocycles. The zero-order chi connectivity index (χ0) is 14.9. The lowest BCUT2D eigenvalue weighted by molar-refractivity contribution is 0.625. The number of hydrogen-bond donors (Lipinski definition) is 2. The van der Waals surface area contributed by atoms with Gasteiger partial charge in [0.15, 0.2) is 0 Å². The van der Waals surface area contributed by atoms with E-state index < -0.39 is 0 Å². The summed E-state index contributed by atoms with van der Waals surface area (Å²) in [7, 11) is 0. The standard InChI is InChI=1S/C17H22N4/c1-17(2,3)21-16-19-14(12-9-10-12)11-15(20-16)18-13-7-5-4-6-8-13/h4-8,11-12H,9-10H2,1-3H3,(H2,18,19,20,21). The van der Waals surface area contributed by atoms with Crippen molar-refractivity contribution in [3.8, 4) is 0 Å². The third kappa shape index (κ3) is 3.94. The van der Waals surface area contributed by atoms with Crippen LogP contribution < -0.4 is 10.6 Å². The molecule has 1 heterocycles. The Labute approximate surface area is 126 Å². The van der Waals surface area contributed by atoms with Gasteiger partial charge in [0.05, 0.1) is 5.69 Å². The van der Waals surface area contributed by atoms with Crippen molar-refractivity contribution in [2.45, 2.75) is 45.1 Å². The molecule has 0 bridgehead atoms. The molecule has 4 nitrogen and oxygen atoms in total. The predicted octanol–water partition coefficient (Wildman–Crippen LogP) is 4.31. The van der Waals surface area contributed by atoms with Crippen molar-refractivity contribution in [3.05, 3.63) is 42.1 Å². The zero-order valence-corrected chi connectivity index (χ0v) is 12.9. The van der Waals surface area contributed by atoms with E-state index in [0.717, 1.165) is 17.2 Å². The van der Waals surface area contributed by atoms with Crippen LogP contribution in [0.4, 0.5) is 17.5 Å². The van der Waals surface area contributed by atoms with Crippen molar-refractivity contribution in [3.63, 3.8) is 0 Å². The highest BCUT2D eigenvalue weighted by atomic mass is 15.2. The molecule has 21 heavy (non-hydrogen) atoms. The molecule has 110 valence electrons. The van der Waals surface area contributed by atoms with Crippen LogP contribution in [0.15, 0.2) is 36.4 Å². The van der Waals surface area contributed by atoms with E-state index >= 15 is 0 Å². The minimum Gasteiger partial charge on any atom is -0.350 e. The smallest absolute Gasteiger partial charge is 0.225 e. The van der Waals surface area contributed by atoms with Crippen LogP contribution in [0, 0.1) is 0 Å². The van der Waals surface area contributed by atoms with Crippen molar-refractivity contribution in [1.29, 1.82) is 0 Å². The average molecular weight is 282 g/mol. The highest BCUT2D eigenvalue weighted by Gasteiger charge is 2.26. The van der Waals surface area contributed by atoms with Crippen molar-refractivity contribution >= 4 is 17.5 Å². The first-order chi connectivity index (χ1) is 9.99. The second-order valence-corrected chi connectivity index (χ2v) is 6.64. The molecule has 3 rings (SSSR count). The van der Waals surface area contributed by atoms with Gasteiger partial charge in [0.2, 0.25) is 5.95 Å². The van der Waals surface area contributed by atoms with E-state index in [1.807, 2.05) is 30.3 Å². The Morgan fingerprint density at radius 3 is 2.38 bits per heavy atom. The molecule has 0 saturated heterocycles. The number of anilines is 3. The normalized spacial score (nSPS) is 14.8. The Hall–Kier alpha value is -2.10. The van der Waals surface area contributed by atoms with Crippen LogP contribution in [0.2, 0.25) is 0 Å². The van der Waals surface area contributed by atoms with E-state index in [1.54, 1.807) is 0 Å². The molecule has 1 aliphatic rings. The highest BCUT2D eigenvalue weighted by Crippen LogP contribution is 2.40. The van der Waals surface area contributed by atoms with Crippen LogP contribution in [0.3, 0.4) is 0 Å². The lowest BCUT2D eigenvalue weighted by Gasteiger charge is -2.21. The second-order valence-electron chi connectivity index (χ2n) is 6.64. The topological polar surface area (TPSA) is 49.8 Å². The first kappa shape index (κ1) is 13.9. The molecule has 1 fully saturated rings. The fraction of sp³-hybridized carbons (Fsp3) is 0.412. The van der Waals surface area contributed by atoms with Gasteiger partial charge in [-0.2, -0.15) is 4.98 Å². The molecule has 0 unspecified atom stereocenters. The molecule has 0 amide bonds. The van der Waals surface area contributed by atoms with Crippen molar-refractivity contribution in [1.82, 2.24) is 9.97 Å². The molecule has 4 heteroatoms. The van der Waals surface area contributed by atoms with Crippen LogP contribution in [0.1, 0.15) is 45.2 Å². The van der Waals surface area contributed by atoms with Crippen LogP contribution in [-0.2, 0) is 0 Å². The fourth-order valence-electron chi connectivity index (χ4n) is 2.18. The molecule has 0 atom stereocenters. The van der Waals surface area contributed by atoms with E-state index in [9.17, 15) is 0 Å². The van der Waals surface area contributed by atoms with Crippen molar-refractivity contribution in [2.24, 2.45) is 0 Å². The molecule has 1 saturated carbocycles. The van der Waals surface area contributed by atoms with Crippen LogP contribution in [0.5, 0.6) is 0 Å². The third-order valence-electron chi connectivity index (χ3n) is 3.27. The van der Waals surface area contributed by atoms with Crippen LogP contribution in [0.25, 0.3) is 0 Å². The zero-order valence-electron chi connectivity index (χ0n) is 12.9. The quantitative estimate of drug-likeness (QED) is 0.877. The Morgan fingerprint density at radius 2 is 1.76 bits per heavy atom. The molecule has 1 aromatic heterocycles. The van der Waals surface area contributed by atoms with Crippen molar-refractivity contribution < 1.29 is 0 Å². The minimum atomic E-state index is -0.0494. The largest absolute Gasteiger partial charge is 0.350 e. The van der Waals surface area contributed by atoms with Gasteiger partial charge in [0.25, 0.3) is 0 Å². The van der Waals surface area contributed by atoms with E-state index in [-0.39, 0.29) is 5.54 Å². The Morgan fingerprint density at radius 1 is 1.05 bits per heavy atom. The van der Waals surface area contributed by atoms with Crippen LogP contribution in [-0.4, -0.2) is 15.5 Å². The maximum absolute atomic E-state index is 4.66. The Balaban J connectivity index is 1.88. The summed E-state index contributed by atoms with van der Waals surface area (Å²) < 4.78 is 0. The van der Waals surface area contributed by atoms with Gasteiger partial charge in [-0.1, -0.05) is 18.2 Å². The average Bonchev–Trinajstić information content (AvgIpc) is 3.21. The van der Waals surface area contributed by atoms with Gasteiger partial charge in [-0.15, -0.1) is 0 Å². The van der Waals surface area contributed by atoms with E-state index in [1.165, 1.54) is 12.8 Å². The summed E-state index contributed by atoms with van der Waals surface area (Å²) in [5, 5.41) is 6.73. The second kappa shape index (κ2) is 5.35. The first-order valence-corrected chi connectivity index (χ1v) is 7.49. The fourth-order valence-corrected chi connectivity index (χ4v) is 2.18. The maximum atomic E-state index is 4.66. The van der Waals surface area contributed by atoms with E-state index in [0.29, 0.717) is 11.9 Å². The molecule has 2 aromatic rings. The Bertz CT molecular complexity index is 612. The number of hydrogen-bond acceptors (Lipinski definition) is 4. The third-order valence-corrected chi connectivity index (χ3v) is 3.27. The summed E-state index contributed by atoms with van der Waals surface area (Å²) in [5.74, 6) is 2.15. The SMILES string of the molecule is CC(C)(C)Nc1nc(Nc2ccccc2)cc(C2CC2)n1. The summed E-state index contributed by atoms with van der Waals surface area (Å²) in [6, 6.07) is 12.2. The number of rotatable bonds is 4. The molecule has 0 radical (unpaired) electrons. The maximum Gasteiger partial charge on any atom is 0.225 e. The summed E-state index contributed by atoms with van der Waals surface area (Å²) in [6.45, 7) is 6.35. The molecular weight excluding hydrogens is 260 g/mol. The summed E-state index contributed by atoms with van der Waals surface area (Å²) in [5.41, 5.74) is 2.13. The van der Waals surface area contributed by atoms with Gasteiger partial charge in [-0.25, -0.2) is 4.98 Å².